The van der Waals surface area contributed by atoms with E-state index in [0.717, 1.165) is 27.6 Å². The number of fused-ring (bicyclic) bond motifs is 2. The van der Waals surface area contributed by atoms with Crippen molar-refractivity contribution >= 4 is 57.1 Å². The molecule has 0 bridgehead atoms. The molecule has 3 rings (SSSR count). The van der Waals surface area contributed by atoms with Crippen LogP contribution in [-0.2, 0) is 0 Å². The lowest BCUT2D eigenvalue weighted by Crippen LogP contribution is -1.99. The molecule has 0 saturated heterocycles. The first-order valence-corrected chi connectivity index (χ1v) is 12.3. The molecule has 5 heteroatoms. The number of aromatic carboxylic acids is 1. The summed E-state index contributed by atoms with van der Waals surface area (Å²) in [5, 5.41) is 12.9. The van der Waals surface area contributed by atoms with E-state index < -0.39 is 13.4 Å². The Hall–Kier alpha value is -1.55. The van der Waals surface area contributed by atoms with Gasteiger partial charge in [-0.1, -0.05) is 68.3 Å². The largest absolute Gasteiger partial charge is 0.478 e. The Kier molecular flexibility index (Phi) is 7.10. The third kappa shape index (κ3) is 4.73. The van der Waals surface area contributed by atoms with Gasteiger partial charge >= 0.3 is 5.97 Å². The van der Waals surface area contributed by atoms with Gasteiger partial charge in [0, 0.05) is 0 Å². The average molecular weight is 379 g/mol. The smallest absolute Gasteiger partial charge is 0.336 e. The minimum absolute atomic E-state index is 0.388. The summed E-state index contributed by atoms with van der Waals surface area (Å²) < 4.78 is 0. The van der Waals surface area contributed by atoms with E-state index in [9.17, 15) is 9.90 Å². The molecular weight excluding hydrogens is 359 g/mol. The average Bonchev–Trinajstić information content (AvgIpc) is 2.58. The lowest BCUT2D eigenvalue weighted by Gasteiger charge is -2.07. The van der Waals surface area contributed by atoms with E-state index in [1.807, 2.05) is 54.6 Å². The van der Waals surface area contributed by atoms with Crippen molar-refractivity contribution in [1.82, 2.24) is 0 Å². The molecule has 0 atom stereocenters. The number of halogens is 2. The summed E-state index contributed by atoms with van der Waals surface area (Å²) in [7, 11) is -1.24. The monoisotopic (exact) mass is 378 g/mol. The van der Waals surface area contributed by atoms with Crippen molar-refractivity contribution < 1.29 is 9.90 Å². The molecule has 0 radical (unpaired) electrons. The van der Waals surface area contributed by atoms with E-state index >= 15 is 0 Å². The van der Waals surface area contributed by atoms with Crippen molar-refractivity contribution in [3.8, 4) is 0 Å². The molecule has 0 aromatic heterocycles. The van der Waals surface area contributed by atoms with Crippen LogP contribution < -0.4 is 0 Å². The highest BCUT2D eigenvalue weighted by Gasteiger charge is 2.12. The van der Waals surface area contributed by atoms with Crippen LogP contribution >= 0.6 is 22.2 Å². The number of hydrogen-bond donors (Lipinski definition) is 1. The van der Waals surface area contributed by atoms with Gasteiger partial charge in [-0.2, -0.15) is 22.2 Å². The Morgan fingerprint density at radius 2 is 1.50 bits per heavy atom. The Bertz CT molecular complexity index is 780. The molecule has 0 amide bonds. The van der Waals surface area contributed by atoms with E-state index in [1.54, 1.807) is 0 Å². The van der Waals surface area contributed by atoms with Gasteiger partial charge in [-0.3, -0.25) is 0 Å². The van der Waals surface area contributed by atoms with Crippen LogP contribution in [0.3, 0.4) is 0 Å². The van der Waals surface area contributed by atoms with Crippen LogP contribution in [0, 0.1) is 0 Å². The first-order chi connectivity index (χ1) is 11.5. The van der Waals surface area contributed by atoms with Crippen LogP contribution in [0.15, 0.2) is 54.6 Å². The standard InChI is InChI=1S/C15H10O2.C4H10Cl2Si/c16-15(17)14-12-7-3-1-5-10(12)9-11-6-2-4-8-13(11)14;1-2-3-4-7(5)6/h1-9H,(H,16,17);7H,2-4H2,1H3. The van der Waals surface area contributed by atoms with Crippen LogP contribution in [0.2, 0.25) is 6.04 Å². The van der Waals surface area contributed by atoms with Crippen molar-refractivity contribution in [3.63, 3.8) is 0 Å². The maximum atomic E-state index is 11.4. The number of benzene rings is 3. The minimum Gasteiger partial charge on any atom is -0.478 e. The molecule has 0 aliphatic rings. The first kappa shape index (κ1) is 18.8. The fraction of sp³-hybridized carbons (Fsp3) is 0.211. The van der Waals surface area contributed by atoms with Crippen molar-refractivity contribution in [2.75, 3.05) is 0 Å². The van der Waals surface area contributed by atoms with Crippen LogP contribution in [0.1, 0.15) is 30.1 Å². The summed E-state index contributed by atoms with van der Waals surface area (Å²) in [6, 6.07) is 18.2. The second kappa shape index (κ2) is 9.07. The number of rotatable bonds is 4. The summed E-state index contributed by atoms with van der Waals surface area (Å²) in [6.45, 7) is 2.14. The SMILES string of the molecule is CCCC[SiH](Cl)Cl.O=C(O)c1c2ccccc2cc2ccccc12. The normalized spacial score (nSPS) is 10.7. The van der Waals surface area contributed by atoms with Crippen molar-refractivity contribution in [3.05, 3.63) is 60.2 Å². The molecule has 0 aliphatic heterocycles. The predicted octanol–water partition coefficient (Wildman–Crippen LogP) is 6.18. The van der Waals surface area contributed by atoms with Crippen molar-refractivity contribution in [1.29, 1.82) is 0 Å². The molecule has 2 nitrogen and oxygen atoms in total. The third-order valence-corrected chi connectivity index (χ3v) is 5.92. The van der Waals surface area contributed by atoms with E-state index in [4.69, 9.17) is 22.2 Å². The molecular formula is C19H20Cl2O2Si. The molecule has 1 N–H and O–H groups in total. The first-order valence-electron chi connectivity index (χ1n) is 7.96. The van der Waals surface area contributed by atoms with Gasteiger partial charge < -0.3 is 5.11 Å². The Balaban J connectivity index is 0.000000256. The molecule has 24 heavy (non-hydrogen) atoms. The molecule has 0 saturated carbocycles. The summed E-state index contributed by atoms with van der Waals surface area (Å²) >= 11 is 11.1. The van der Waals surface area contributed by atoms with Crippen LogP contribution in [0.25, 0.3) is 21.5 Å². The second-order valence-electron chi connectivity index (χ2n) is 5.53. The fourth-order valence-electron chi connectivity index (χ4n) is 2.60. The molecule has 3 aromatic rings. The topological polar surface area (TPSA) is 37.3 Å². The zero-order valence-electron chi connectivity index (χ0n) is 13.5. The highest BCUT2D eigenvalue weighted by Crippen LogP contribution is 2.28. The minimum atomic E-state index is -1.24. The van der Waals surface area contributed by atoms with Gasteiger partial charge in [0.2, 0.25) is 7.42 Å². The molecule has 0 fully saturated rings. The molecule has 126 valence electrons. The fourth-order valence-corrected chi connectivity index (χ4v) is 4.25. The van der Waals surface area contributed by atoms with Gasteiger partial charge in [0.25, 0.3) is 0 Å². The maximum absolute atomic E-state index is 11.4. The zero-order chi connectivity index (χ0) is 17.5. The van der Waals surface area contributed by atoms with Gasteiger partial charge in [-0.05, 0) is 33.7 Å². The van der Waals surface area contributed by atoms with E-state index in [1.165, 1.54) is 12.8 Å². The van der Waals surface area contributed by atoms with E-state index in [-0.39, 0.29) is 0 Å². The third-order valence-electron chi connectivity index (χ3n) is 3.76. The molecule has 0 aliphatic carbocycles. The predicted molar refractivity (Wildman–Crippen MR) is 107 cm³/mol. The number of hydrogen-bond acceptors (Lipinski definition) is 1. The quantitative estimate of drug-likeness (QED) is 0.334. The van der Waals surface area contributed by atoms with Gasteiger partial charge in [-0.25, -0.2) is 4.79 Å². The van der Waals surface area contributed by atoms with Crippen LogP contribution in [0.4, 0.5) is 0 Å². The number of carboxylic acid groups (broad SMARTS) is 1. The number of carboxylic acids is 1. The van der Waals surface area contributed by atoms with Gasteiger partial charge in [0.05, 0.1) is 5.56 Å². The molecule has 0 unspecified atom stereocenters. The number of carbonyl (C=O) groups is 1. The zero-order valence-corrected chi connectivity index (χ0v) is 16.2. The Morgan fingerprint density at radius 3 is 1.88 bits per heavy atom. The highest BCUT2D eigenvalue weighted by atomic mass is 35.7. The van der Waals surface area contributed by atoms with Gasteiger partial charge in [-0.15, -0.1) is 0 Å². The van der Waals surface area contributed by atoms with E-state index in [0.29, 0.717) is 5.56 Å². The Morgan fingerprint density at radius 1 is 1.00 bits per heavy atom. The van der Waals surface area contributed by atoms with Crippen molar-refractivity contribution in [2.24, 2.45) is 0 Å². The summed E-state index contributed by atoms with van der Waals surface area (Å²) in [5.41, 5.74) is 0.388. The van der Waals surface area contributed by atoms with Crippen LogP contribution in [0.5, 0.6) is 0 Å². The molecule has 0 spiro atoms. The van der Waals surface area contributed by atoms with E-state index in [2.05, 4.69) is 6.92 Å². The number of unbranched alkanes of at least 4 members (excludes halogenated alkanes) is 1. The lowest BCUT2D eigenvalue weighted by atomic mass is 9.97. The Labute approximate surface area is 153 Å². The summed E-state index contributed by atoms with van der Waals surface area (Å²) in [6.07, 6.45) is 2.41. The second-order valence-corrected chi connectivity index (χ2v) is 10.7. The lowest BCUT2D eigenvalue weighted by molar-refractivity contribution is 0.0701. The maximum Gasteiger partial charge on any atom is 0.336 e. The van der Waals surface area contributed by atoms with Gasteiger partial charge in [0.15, 0.2) is 0 Å². The van der Waals surface area contributed by atoms with Gasteiger partial charge in [0.1, 0.15) is 0 Å². The molecule has 0 heterocycles. The van der Waals surface area contributed by atoms with Crippen molar-refractivity contribution in [2.45, 2.75) is 25.8 Å². The summed E-state index contributed by atoms with van der Waals surface area (Å²) in [5.74, 6) is -0.877. The highest BCUT2D eigenvalue weighted by molar-refractivity contribution is 7.33. The summed E-state index contributed by atoms with van der Waals surface area (Å²) in [4.78, 5) is 11.4. The van der Waals surface area contributed by atoms with Crippen LogP contribution in [-0.4, -0.2) is 18.5 Å². The molecule has 3 aromatic carbocycles.